The Morgan fingerprint density at radius 3 is 2.67 bits per heavy atom. The first kappa shape index (κ1) is 10.7. The van der Waals surface area contributed by atoms with E-state index in [1.807, 2.05) is 36.4 Å². The van der Waals surface area contributed by atoms with Crippen molar-refractivity contribution in [3.8, 4) is 11.3 Å². The van der Waals surface area contributed by atoms with Crippen LogP contribution >= 0.6 is 0 Å². The summed E-state index contributed by atoms with van der Waals surface area (Å²) >= 11 is 0. The highest BCUT2D eigenvalue weighted by molar-refractivity contribution is 5.94. The van der Waals surface area contributed by atoms with E-state index in [0.29, 0.717) is 11.3 Å². The van der Waals surface area contributed by atoms with Crippen LogP contribution in [0.3, 0.4) is 0 Å². The van der Waals surface area contributed by atoms with Crippen LogP contribution in [0.25, 0.3) is 22.4 Å². The maximum absolute atomic E-state index is 11.3. The third-order valence-electron chi connectivity index (χ3n) is 2.77. The number of hydrogen-bond donors (Lipinski definition) is 1. The fourth-order valence-corrected chi connectivity index (χ4v) is 1.89. The number of carbonyl (C=O) groups is 1. The highest BCUT2D eigenvalue weighted by Gasteiger charge is 2.13. The predicted octanol–water partition coefficient (Wildman–Crippen LogP) is 3.21. The summed E-state index contributed by atoms with van der Waals surface area (Å²) in [7, 11) is 1.35. The summed E-state index contributed by atoms with van der Waals surface area (Å²) in [4.78, 5) is 14.3. The lowest BCUT2D eigenvalue weighted by atomic mass is 10.2. The van der Waals surface area contributed by atoms with Gasteiger partial charge in [-0.3, -0.25) is 0 Å². The molecule has 0 amide bonds. The molecule has 0 radical (unpaired) electrons. The van der Waals surface area contributed by atoms with Crippen LogP contribution in [0.15, 0.2) is 46.9 Å². The van der Waals surface area contributed by atoms with Gasteiger partial charge < -0.3 is 14.1 Å². The summed E-state index contributed by atoms with van der Waals surface area (Å²) in [6, 6.07) is 13.3. The first-order valence-electron chi connectivity index (χ1n) is 5.54. The average Bonchev–Trinajstić information content (AvgIpc) is 2.97. The number of aromatic amines is 1. The molecule has 1 aromatic carbocycles. The molecule has 0 saturated carbocycles. The molecule has 18 heavy (non-hydrogen) atoms. The first-order chi connectivity index (χ1) is 8.78. The standard InChI is InChI=1S/C14H11NO3/c1-17-14(16)11-8-13-10(15-11)7-12(18-13)9-5-3-2-4-6-9/h2-8,15H,1H3. The van der Waals surface area contributed by atoms with E-state index in [4.69, 9.17) is 4.42 Å². The molecule has 0 unspecified atom stereocenters. The molecule has 4 heteroatoms. The van der Waals surface area contributed by atoms with Crippen LogP contribution in [-0.4, -0.2) is 18.1 Å². The Morgan fingerprint density at radius 2 is 2.00 bits per heavy atom. The first-order valence-corrected chi connectivity index (χ1v) is 5.54. The van der Waals surface area contributed by atoms with Crippen LogP contribution in [0.2, 0.25) is 0 Å². The van der Waals surface area contributed by atoms with Crippen LogP contribution < -0.4 is 0 Å². The summed E-state index contributed by atoms with van der Waals surface area (Å²) in [5.41, 5.74) is 2.83. The highest BCUT2D eigenvalue weighted by atomic mass is 16.5. The Morgan fingerprint density at radius 1 is 1.22 bits per heavy atom. The van der Waals surface area contributed by atoms with Gasteiger partial charge in [0.2, 0.25) is 0 Å². The third-order valence-corrected chi connectivity index (χ3v) is 2.77. The third kappa shape index (κ3) is 1.68. The van der Waals surface area contributed by atoms with Crippen molar-refractivity contribution in [3.63, 3.8) is 0 Å². The second-order valence-electron chi connectivity index (χ2n) is 3.93. The minimum atomic E-state index is -0.400. The van der Waals surface area contributed by atoms with E-state index in [2.05, 4.69) is 9.72 Å². The highest BCUT2D eigenvalue weighted by Crippen LogP contribution is 2.27. The Labute approximate surface area is 103 Å². The van der Waals surface area contributed by atoms with Gasteiger partial charge in [0.15, 0.2) is 5.58 Å². The van der Waals surface area contributed by atoms with Gasteiger partial charge in [-0.25, -0.2) is 4.79 Å². The second-order valence-corrected chi connectivity index (χ2v) is 3.93. The lowest BCUT2D eigenvalue weighted by molar-refractivity contribution is 0.0595. The van der Waals surface area contributed by atoms with Gasteiger partial charge in [0.05, 0.1) is 12.6 Å². The Balaban J connectivity index is 2.04. The molecule has 0 spiro atoms. The monoisotopic (exact) mass is 241 g/mol. The summed E-state index contributed by atoms with van der Waals surface area (Å²) < 4.78 is 10.3. The summed E-state index contributed by atoms with van der Waals surface area (Å²) in [5.74, 6) is 0.371. The van der Waals surface area contributed by atoms with Gasteiger partial charge in [-0.1, -0.05) is 30.3 Å². The van der Waals surface area contributed by atoms with Crippen molar-refractivity contribution in [2.75, 3.05) is 7.11 Å². The molecule has 0 fully saturated rings. The number of nitrogens with one attached hydrogen (secondary N) is 1. The molecule has 3 aromatic rings. The number of carbonyl (C=O) groups excluding carboxylic acids is 1. The summed E-state index contributed by atoms with van der Waals surface area (Å²) in [6.45, 7) is 0. The number of fused-ring (bicyclic) bond motifs is 1. The van der Waals surface area contributed by atoms with Crippen molar-refractivity contribution in [3.05, 3.63) is 48.2 Å². The number of esters is 1. The summed E-state index contributed by atoms with van der Waals surface area (Å²) in [5, 5.41) is 0. The van der Waals surface area contributed by atoms with Crippen LogP contribution in [0.4, 0.5) is 0 Å². The zero-order valence-electron chi connectivity index (χ0n) is 9.77. The molecular weight excluding hydrogens is 230 g/mol. The fraction of sp³-hybridized carbons (Fsp3) is 0.0714. The van der Waals surface area contributed by atoms with Gasteiger partial charge in [0.25, 0.3) is 0 Å². The second kappa shape index (κ2) is 4.07. The smallest absolute Gasteiger partial charge is 0.354 e. The van der Waals surface area contributed by atoms with Gasteiger partial charge in [-0.05, 0) is 0 Å². The van der Waals surface area contributed by atoms with E-state index in [0.717, 1.165) is 16.8 Å². The Kier molecular flexibility index (Phi) is 2.41. The number of benzene rings is 1. The molecule has 0 bridgehead atoms. The topological polar surface area (TPSA) is 55.2 Å². The maximum Gasteiger partial charge on any atom is 0.354 e. The molecule has 0 aliphatic carbocycles. The van der Waals surface area contributed by atoms with Crippen molar-refractivity contribution < 1.29 is 13.9 Å². The predicted molar refractivity (Wildman–Crippen MR) is 67.3 cm³/mol. The molecule has 1 N–H and O–H groups in total. The van der Waals surface area contributed by atoms with Crippen molar-refractivity contribution in [1.29, 1.82) is 0 Å². The lowest BCUT2D eigenvalue weighted by Gasteiger charge is -1.95. The molecule has 3 rings (SSSR count). The number of ether oxygens (including phenoxy) is 1. The van der Waals surface area contributed by atoms with Crippen LogP contribution in [0, 0.1) is 0 Å². The zero-order valence-corrected chi connectivity index (χ0v) is 9.77. The minimum absolute atomic E-state index is 0.394. The van der Waals surface area contributed by atoms with E-state index in [1.165, 1.54) is 7.11 Å². The molecule has 2 heterocycles. The van der Waals surface area contributed by atoms with E-state index in [1.54, 1.807) is 6.07 Å². The van der Waals surface area contributed by atoms with Gasteiger partial charge in [-0.15, -0.1) is 0 Å². The van der Waals surface area contributed by atoms with Crippen LogP contribution in [-0.2, 0) is 4.74 Å². The number of methoxy groups -OCH3 is 1. The maximum atomic E-state index is 11.3. The molecule has 0 saturated heterocycles. The largest absolute Gasteiger partial charge is 0.464 e. The van der Waals surface area contributed by atoms with Gasteiger partial charge in [0.1, 0.15) is 11.5 Å². The Hall–Kier alpha value is -2.49. The van der Waals surface area contributed by atoms with Crippen molar-refractivity contribution in [2.45, 2.75) is 0 Å². The molecule has 0 aliphatic rings. The van der Waals surface area contributed by atoms with Gasteiger partial charge >= 0.3 is 5.97 Å². The molecule has 2 aromatic heterocycles. The van der Waals surface area contributed by atoms with E-state index in [-0.39, 0.29) is 0 Å². The van der Waals surface area contributed by atoms with Gasteiger partial charge in [0, 0.05) is 17.7 Å². The number of H-pyrrole nitrogens is 1. The fourth-order valence-electron chi connectivity index (χ4n) is 1.89. The van der Waals surface area contributed by atoms with E-state index < -0.39 is 5.97 Å². The molecule has 4 nitrogen and oxygen atoms in total. The average molecular weight is 241 g/mol. The van der Waals surface area contributed by atoms with Crippen molar-refractivity contribution in [2.24, 2.45) is 0 Å². The van der Waals surface area contributed by atoms with Crippen LogP contribution in [0.5, 0.6) is 0 Å². The van der Waals surface area contributed by atoms with Crippen molar-refractivity contribution in [1.82, 2.24) is 4.98 Å². The molecule has 0 atom stereocenters. The molecule has 90 valence electrons. The van der Waals surface area contributed by atoms with E-state index >= 15 is 0 Å². The molecule has 0 aliphatic heterocycles. The SMILES string of the molecule is COC(=O)c1cc2oc(-c3ccccc3)cc2[nH]1. The minimum Gasteiger partial charge on any atom is -0.464 e. The number of hydrogen-bond acceptors (Lipinski definition) is 3. The number of furan rings is 1. The number of rotatable bonds is 2. The van der Waals surface area contributed by atoms with Crippen LogP contribution in [0.1, 0.15) is 10.5 Å². The number of aromatic nitrogens is 1. The molecular formula is C14H11NO3. The lowest BCUT2D eigenvalue weighted by Crippen LogP contribution is -2.00. The van der Waals surface area contributed by atoms with Gasteiger partial charge in [-0.2, -0.15) is 0 Å². The zero-order chi connectivity index (χ0) is 12.5. The summed E-state index contributed by atoms with van der Waals surface area (Å²) in [6.07, 6.45) is 0. The quantitative estimate of drug-likeness (QED) is 0.701. The Bertz CT molecular complexity index is 663. The van der Waals surface area contributed by atoms with E-state index in [9.17, 15) is 4.79 Å². The van der Waals surface area contributed by atoms with Crippen molar-refractivity contribution >= 4 is 17.1 Å². The normalized spacial score (nSPS) is 10.7.